The molecule has 18 heavy (non-hydrogen) atoms. The van der Waals surface area contributed by atoms with Crippen molar-refractivity contribution in [2.75, 3.05) is 18.5 Å². The molecule has 0 amide bonds. The minimum absolute atomic E-state index is 0.0338. The van der Waals surface area contributed by atoms with Gasteiger partial charge in [-0.1, -0.05) is 12.1 Å². The Labute approximate surface area is 106 Å². The second-order valence-electron chi connectivity index (χ2n) is 5.18. The maximum atomic E-state index is 11.6. The number of benzene rings is 1. The predicted octanol–water partition coefficient (Wildman–Crippen LogP) is 1.99. The molecule has 4 heteroatoms. The molecule has 0 saturated carbocycles. The van der Waals surface area contributed by atoms with Crippen LogP contribution in [0.1, 0.15) is 23.5 Å². The largest absolute Gasteiger partial charge is 0.481 e. The van der Waals surface area contributed by atoms with Gasteiger partial charge in [-0.25, -0.2) is 0 Å². The number of carbonyl (C=O) groups is 1. The van der Waals surface area contributed by atoms with Crippen molar-refractivity contribution in [1.82, 2.24) is 0 Å². The summed E-state index contributed by atoms with van der Waals surface area (Å²) < 4.78 is 5.45. The molecule has 1 fully saturated rings. The number of nitrogens with one attached hydrogen (secondary N) is 1. The first-order valence-corrected chi connectivity index (χ1v) is 6.34. The summed E-state index contributed by atoms with van der Waals surface area (Å²) in [6.07, 6.45) is 0.877. The van der Waals surface area contributed by atoms with E-state index < -0.39 is 11.9 Å². The molecule has 1 aromatic rings. The van der Waals surface area contributed by atoms with Crippen LogP contribution in [0.5, 0.6) is 0 Å². The highest BCUT2D eigenvalue weighted by Crippen LogP contribution is 2.41. The molecule has 0 bridgehead atoms. The number of fused-ring (bicyclic) bond motifs is 2. The Kier molecular flexibility index (Phi) is 2.74. The van der Waals surface area contributed by atoms with Gasteiger partial charge in [-0.3, -0.25) is 4.79 Å². The molecule has 2 aliphatic heterocycles. The van der Waals surface area contributed by atoms with E-state index in [1.165, 1.54) is 0 Å². The van der Waals surface area contributed by atoms with Gasteiger partial charge >= 0.3 is 5.97 Å². The van der Waals surface area contributed by atoms with E-state index in [0.717, 1.165) is 23.2 Å². The normalized spacial score (nSPS) is 29.9. The summed E-state index contributed by atoms with van der Waals surface area (Å²) in [7, 11) is 0. The Morgan fingerprint density at radius 2 is 2.33 bits per heavy atom. The van der Waals surface area contributed by atoms with Crippen molar-refractivity contribution < 1.29 is 14.6 Å². The highest BCUT2D eigenvalue weighted by atomic mass is 16.5. The molecule has 3 rings (SSSR count). The molecule has 0 aromatic heterocycles. The quantitative estimate of drug-likeness (QED) is 0.797. The van der Waals surface area contributed by atoms with E-state index >= 15 is 0 Å². The Balaban J connectivity index is 2.06. The van der Waals surface area contributed by atoms with Crippen LogP contribution in [0.3, 0.4) is 0 Å². The Bertz CT molecular complexity index is 486. The topological polar surface area (TPSA) is 58.6 Å². The highest BCUT2D eigenvalue weighted by molar-refractivity contribution is 5.81. The zero-order valence-electron chi connectivity index (χ0n) is 10.3. The summed E-state index contributed by atoms with van der Waals surface area (Å²) in [5, 5.41) is 13.0. The van der Waals surface area contributed by atoms with E-state index in [1.807, 2.05) is 25.1 Å². The maximum Gasteiger partial charge on any atom is 0.311 e. The van der Waals surface area contributed by atoms with Crippen molar-refractivity contribution in [2.45, 2.75) is 25.3 Å². The van der Waals surface area contributed by atoms with Crippen molar-refractivity contribution in [1.29, 1.82) is 0 Å². The molecule has 2 aliphatic rings. The van der Waals surface area contributed by atoms with Crippen molar-refractivity contribution in [3.8, 4) is 0 Å². The van der Waals surface area contributed by atoms with Gasteiger partial charge in [0.25, 0.3) is 0 Å². The van der Waals surface area contributed by atoms with Gasteiger partial charge < -0.3 is 15.2 Å². The zero-order chi connectivity index (χ0) is 12.7. The first-order chi connectivity index (χ1) is 8.66. The van der Waals surface area contributed by atoms with Crippen LogP contribution in [-0.2, 0) is 9.53 Å². The fraction of sp³-hybridized carbons (Fsp3) is 0.500. The molecule has 0 aliphatic carbocycles. The number of carboxylic acids is 1. The number of anilines is 1. The third-order valence-electron chi connectivity index (χ3n) is 3.98. The highest BCUT2D eigenvalue weighted by Gasteiger charge is 2.42. The molecular formula is C14H17NO3. The van der Waals surface area contributed by atoms with Crippen LogP contribution in [0.25, 0.3) is 0 Å². The molecule has 1 saturated heterocycles. The number of carboxylic acid groups (broad SMARTS) is 1. The van der Waals surface area contributed by atoms with Crippen LogP contribution in [0.4, 0.5) is 5.69 Å². The third-order valence-corrected chi connectivity index (χ3v) is 3.98. The number of aryl methyl sites for hydroxylation is 1. The lowest BCUT2D eigenvalue weighted by Crippen LogP contribution is -2.46. The summed E-state index contributed by atoms with van der Waals surface area (Å²) in [6, 6.07) is 6.16. The van der Waals surface area contributed by atoms with E-state index in [2.05, 4.69) is 5.32 Å². The van der Waals surface area contributed by atoms with E-state index in [1.54, 1.807) is 0 Å². The average molecular weight is 247 g/mol. The van der Waals surface area contributed by atoms with Gasteiger partial charge in [-0.2, -0.15) is 0 Å². The van der Waals surface area contributed by atoms with Gasteiger partial charge in [0.15, 0.2) is 0 Å². The van der Waals surface area contributed by atoms with Crippen LogP contribution in [0.15, 0.2) is 18.2 Å². The van der Waals surface area contributed by atoms with Crippen LogP contribution in [0.2, 0.25) is 0 Å². The van der Waals surface area contributed by atoms with Crippen LogP contribution >= 0.6 is 0 Å². The summed E-state index contributed by atoms with van der Waals surface area (Å²) in [5.41, 5.74) is 3.02. The van der Waals surface area contributed by atoms with Crippen LogP contribution in [-0.4, -0.2) is 30.3 Å². The smallest absolute Gasteiger partial charge is 0.311 e. The lowest BCUT2D eigenvalue weighted by Gasteiger charge is -2.41. The number of ether oxygens (including phenoxy) is 1. The molecule has 0 radical (unpaired) electrons. The number of aliphatic carboxylic acids is 1. The molecule has 2 heterocycles. The molecule has 3 unspecified atom stereocenters. The van der Waals surface area contributed by atoms with Gasteiger partial charge in [0.1, 0.15) is 0 Å². The Hall–Kier alpha value is -1.55. The summed E-state index contributed by atoms with van der Waals surface area (Å²) in [5.74, 6) is -1.17. The molecule has 96 valence electrons. The fourth-order valence-electron chi connectivity index (χ4n) is 3.08. The van der Waals surface area contributed by atoms with Gasteiger partial charge in [-0.15, -0.1) is 0 Å². The molecular weight excluding hydrogens is 230 g/mol. The second kappa shape index (κ2) is 4.28. The Morgan fingerprint density at radius 3 is 3.11 bits per heavy atom. The van der Waals surface area contributed by atoms with Gasteiger partial charge in [0.05, 0.1) is 12.5 Å². The fourth-order valence-corrected chi connectivity index (χ4v) is 3.08. The SMILES string of the molecule is Cc1ccc2c(c1)NC1CCOCC1C2C(=O)O. The molecule has 3 atom stereocenters. The lowest BCUT2D eigenvalue weighted by molar-refractivity contribution is -0.142. The Morgan fingerprint density at radius 1 is 1.50 bits per heavy atom. The van der Waals surface area contributed by atoms with Crippen LogP contribution in [0, 0.1) is 12.8 Å². The number of hydrogen-bond donors (Lipinski definition) is 2. The third kappa shape index (κ3) is 1.77. The summed E-state index contributed by atoms with van der Waals surface area (Å²) in [4.78, 5) is 11.6. The summed E-state index contributed by atoms with van der Waals surface area (Å²) >= 11 is 0. The molecule has 1 aromatic carbocycles. The maximum absolute atomic E-state index is 11.6. The standard InChI is InChI=1S/C14H17NO3/c1-8-2-3-9-12(6-8)15-11-4-5-18-7-10(11)13(9)14(16)17/h2-3,6,10-11,13,15H,4-5,7H2,1H3,(H,16,17). The monoisotopic (exact) mass is 247 g/mol. The van der Waals surface area contributed by atoms with Gasteiger partial charge in [0.2, 0.25) is 0 Å². The molecule has 4 nitrogen and oxygen atoms in total. The first kappa shape index (κ1) is 11.5. The van der Waals surface area contributed by atoms with E-state index in [-0.39, 0.29) is 12.0 Å². The second-order valence-corrected chi connectivity index (χ2v) is 5.18. The zero-order valence-corrected chi connectivity index (χ0v) is 10.3. The number of hydrogen-bond acceptors (Lipinski definition) is 3. The average Bonchev–Trinajstić information content (AvgIpc) is 2.35. The summed E-state index contributed by atoms with van der Waals surface area (Å²) in [6.45, 7) is 3.26. The van der Waals surface area contributed by atoms with Crippen molar-refractivity contribution in [3.05, 3.63) is 29.3 Å². The number of rotatable bonds is 1. The minimum Gasteiger partial charge on any atom is -0.481 e. The minimum atomic E-state index is -0.748. The van der Waals surface area contributed by atoms with Crippen LogP contribution < -0.4 is 5.32 Å². The van der Waals surface area contributed by atoms with Crippen molar-refractivity contribution in [2.24, 2.45) is 5.92 Å². The predicted molar refractivity (Wildman–Crippen MR) is 67.9 cm³/mol. The first-order valence-electron chi connectivity index (χ1n) is 6.34. The van der Waals surface area contributed by atoms with E-state index in [0.29, 0.717) is 13.2 Å². The van der Waals surface area contributed by atoms with Gasteiger partial charge in [0, 0.05) is 24.3 Å². The van der Waals surface area contributed by atoms with Crippen molar-refractivity contribution in [3.63, 3.8) is 0 Å². The lowest BCUT2D eigenvalue weighted by atomic mass is 9.76. The van der Waals surface area contributed by atoms with E-state index in [4.69, 9.17) is 4.74 Å². The van der Waals surface area contributed by atoms with Gasteiger partial charge in [-0.05, 0) is 30.5 Å². The van der Waals surface area contributed by atoms with E-state index in [9.17, 15) is 9.90 Å². The van der Waals surface area contributed by atoms with Crippen molar-refractivity contribution >= 4 is 11.7 Å². The molecule has 2 N–H and O–H groups in total. The molecule has 0 spiro atoms.